The van der Waals surface area contributed by atoms with Gasteiger partial charge < -0.3 is 15.4 Å². The number of hydrogen-bond donors (Lipinski definition) is 1. The van der Waals surface area contributed by atoms with Crippen molar-refractivity contribution in [2.24, 2.45) is 11.7 Å². The minimum atomic E-state index is 0.0165. The molecule has 5 heteroatoms. The Labute approximate surface area is 124 Å². The maximum atomic E-state index is 12.2. The van der Waals surface area contributed by atoms with Gasteiger partial charge in [0.05, 0.1) is 0 Å². The van der Waals surface area contributed by atoms with E-state index in [0.717, 1.165) is 18.5 Å². The number of carbonyl (C=O) groups excluding carboxylic acids is 1. The van der Waals surface area contributed by atoms with Gasteiger partial charge in [-0.3, -0.25) is 4.79 Å². The molecule has 0 radical (unpaired) electrons. The van der Waals surface area contributed by atoms with Crippen LogP contribution in [0, 0.1) is 12.8 Å². The van der Waals surface area contributed by atoms with Crippen LogP contribution in [0.2, 0.25) is 5.02 Å². The van der Waals surface area contributed by atoms with E-state index in [2.05, 4.69) is 6.92 Å². The molecule has 1 amide bonds. The summed E-state index contributed by atoms with van der Waals surface area (Å²) in [6.07, 6.45) is 0.974. The van der Waals surface area contributed by atoms with E-state index in [1.807, 2.05) is 17.9 Å². The van der Waals surface area contributed by atoms with Gasteiger partial charge >= 0.3 is 0 Å². The van der Waals surface area contributed by atoms with Crippen molar-refractivity contribution in [2.75, 3.05) is 19.7 Å². The summed E-state index contributed by atoms with van der Waals surface area (Å²) in [5.74, 6) is 1.12. The number of aryl methyl sites for hydroxylation is 1. The van der Waals surface area contributed by atoms with Crippen LogP contribution in [0.3, 0.4) is 0 Å². The Morgan fingerprint density at radius 2 is 2.30 bits per heavy atom. The number of benzene rings is 1. The highest BCUT2D eigenvalue weighted by atomic mass is 35.5. The zero-order chi connectivity index (χ0) is 14.7. The topological polar surface area (TPSA) is 55.6 Å². The third-order valence-electron chi connectivity index (χ3n) is 3.80. The first-order valence-corrected chi connectivity index (χ1v) is 7.27. The van der Waals surface area contributed by atoms with Crippen LogP contribution in [0.5, 0.6) is 5.75 Å². The molecule has 0 spiro atoms. The van der Waals surface area contributed by atoms with E-state index < -0.39 is 0 Å². The summed E-state index contributed by atoms with van der Waals surface area (Å²) in [5.41, 5.74) is 6.61. The number of likely N-dealkylation sites (tertiary alicyclic amines) is 1. The van der Waals surface area contributed by atoms with Gasteiger partial charge in [-0.1, -0.05) is 11.6 Å². The molecule has 1 aliphatic heterocycles. The summed E-state index contributed by atoms with van der Waals surface area (Å²) in [7, 11) is 0. The molecule has 2 N–H and O–H groups in total. The van der Waals surface area contributed by atoms with Gasteiger partial charge in [-0.15, -0.1) is 0 Å². The first-order valence-electron chi connectivity index (χ1n) is 6.89. The molecule has 2 rings (SSSR count). The third-order valence-corrected chi connectivity index (χ3v) is 4.04. The summed E-state index contributed by atoms with van der Waals surface area (Å²) in [5, 5.41) is 0.667. The normalized spacial score (nSPS) is 22.1. The lowest BCUT2D eigenvalue weighted by Crippen LogP contribution is -2.37. The first-order chi connectivity index (χ1) is 9.51. The lowest BCUT2D eigenvalue weighted by molar-refractivity contribution is -0.134. The summed E-state index contributed by atoms with van der Waals surface area (Å²) in [4.78, 5) is 14.1. The van der Waals surface area contributed by atoms with E-state index in [1.165, 1.54) is 0 Å². The minimum Gasteiger partial charge on any atom is -0.483 e. The molecule has 1 aliphatic rings. The van der Waals surface area contributed by atoms with Gasteiger partial charge in [0.25, 0.3) is 5.91 Å². The average molecular weight is 297 g/mol. The molecule has 1 saturated heterocycles. The number of ether oxygens (including phenoxy) is 1. The van der Waals surface area contributed by atoms with Gasteiger partial charge in [0, 0.05) is 17.6 Å². The van der Waals surface area contributed by atoms with Gasteiger partial charge in [0.2, 0.25) is 0 Å². The van der Waals surface area contributed by atoms with Crippen molar-refractivity contribution < 1.29 is 9.53 Å². The highest BCUT2D eigenvalue weighted by molar-refractivity contribution is 6.30. The average Bonchev–Trinajstić information content (AvgIpc) is 2.79. The lowest BCUT2D eigenvalue weighted by atomic mass is 10.1. The summed E-state index contributed by atoms with van der Waals surface area (Å²) < 4.78 is 5.60. The van der Waals surface area contributed by atoms with E-state index in [1.54, 1.807) is 12.1 Å². The quantitative estimate of drug-likeness (QED) is 0.927. The number of carbonyl (C=O) groups is 1. The van der Waals surface area contributed by atoms with Crippen LogP contribution in [0.1, 0.15) is 18.9 Å². The number of nitrogens with zero attached hydrogens (tertiary/aromatic N) is 1. The molecule has 2 unspecified atom stereocenters. The van der Waals surface area contributed by atoms with E-state index in [0.29, 0.717) is 23.2 Å². The van der Waals surface area contributed by atoms with Crippen LogP contribution in [-0.2, 0) is 4.79 Å². The van der Waals surface area contributed by atoms with Gasteiger partial charge in [-0.05, 0) is 56.5 Å². The van der Waals surface area contributed by atoms with Crippen LogP contribution in [0.25, 0.3) is 0 Å². The molecule has 1 aromatic rings. The van der Waals surface area contributed by atoms with Crippen LogP contribution in [-0.4, -0.2) is 36.5 Å². The minimum absolute atomic E-state index is 0.0165. The van der Waals surface area contributed by atoms with Crippen LogP contribution >= 0.6 is 11.6 Å². The standard InChI is InChI=1S/C15H21ClN2O2/c1-10-5-13(16)3-4-14(10)20-9-15(19)18-8-12(7-17)6-11(18)2/h3-5,11-12H,6-9,17H2,1-2H3. The Hall–Kier alpha value is -1.26. The van der Waals surface area contributed by atoms with E-state index in [9.17, 15) is 4.79 Å². The molecule has 1 heterocycles. The maximum Gasteiger partial charge on any atom is 0.260 e. The zero-order valence-corrected chi connectivity index (χ0v) is 12.7. The molecule has 1 fully saturated rings. The Morgan fingerprint density at radius 1 is 1.55 bits per heavy atom. The molecule has 20 heavy (non-hydrogen) atoms. The molecule has 110 valence electrons. The zero-order valence-electron chi connectivity index (χ0n) is 11.9. The number of rotatable bonds is 4. The second kappa shape index (κ2) is 6.46. The number of nitrogens with two attached hydrogens (primary N) is 1. The fraction of sp³-hybridized carbons (Fsp3) is 0.533. The Bertz CT molecular complexity index is 493. The SMILES string of the molecule is Cc1cc(Cl)ccc1OCC(=O)N1CC(CN)CC1C. The number of hydrogen-bond acceptors (Lipinski definition) is 3. The maximum absolute atomic E-state index is 12.2. The third kappa shape index (κ3) is 3.44. The second-order valence-electron chi connectivity index (χ2n) is 5.43. The van der Waals surface area contributed by atoms with Crippen molar-refractivity contribution in [1.29, 1.82) is 0 Å². The molecule has 4 nitrogen and oxygen atoms in total. The summed E-state index contributed by atoms with van der Waals surface area (Å²) >= 11 is 5.89. The Morgan fingerprint density at radius 3 is 2.90 bits per heavy atom. The predicted molar refractivity (Wildman–Crippen MR) is 80.0 cm³/mol. The monoisotopic (exact) mass is 296 g/mol. The summed E-state index contributed by atoms with van der Waals surface area (Å²) in [6, 6.07) is 5.62. The highest BCUT2D eigenvalue weighted by Gasteiger charge is 2.31. The molecule has 0 saturated carbocycles. The Balaban J connectivity index is 1.92. The molecule has 1 aromatic carbocycles. The Kier molecular flexibility index (Phi) is 4.89. The van der Waals surface area contributed by atoms with Crippen molar-refractivity contribution >= 4 is 17.5 Å². The van der Waals surface area contributed by atoms with E-state index >= 15 is 0 Å². The van der Waals surface area contributed by atoms with Crippen molar-refractivity contribution in [2.45, 2.75) is 26.3 Å². The van der Waals surface area contributed by atoms with Gasteiger partial charge in [0.1, 0.15) is 5.75 Å². The van der Waals surface area contributed by atoms with E-state index in [4.69, 9.17) is 22.1 Å². The molecule has 0 aromatic heterocycles. The fourth-order valence-corrected chi connectivity index (χ4v) is 2.88. The smallest absolute Gasteiger partial charge is 0.260 e. The van der Waals surface area contributed by atoms with Gasteiger partial charge in [0.15, 0.2) is 6.61 Å². The van der Waals surface area contributed by atoms with Gasteiger partial charge in [-0.2, -0.15) is 0 Å². The lowest BCUT2D eigenvalue weighted by Gasteiger charge is -2.21. The van der Waals surface area contributed by atoms with Crippen molar-refractivity contribution in [3.63, 3.8) is 0 Å². The predicted octanol–water partition coefficient (Wildman–Crippen LogP) is 2.22. The second-order valence-corrected chi connectivity index (χ2v) is 5.87. The van der Waals surface area contributed by atoms with Crippen molar-refractivity contribution in [3.8, 4) is 5.75 Å². The summed E-state index contributed by atoms with van der Waals surface area (Å²) in [6.45, 7) is 5.39. The molecular weight excluding hydrogens is 276 g/mol. The van der Waals surface area contributed by atoms with E-state index in [-0.39, 0.29) is 18.6 Å². The van der Waals surface area contributed by atoms with Crippen molar-refractivity contribution in [3.05, 3.63) is 28.8 Å². The van der Waals surface area contributed by atoms with Crippen molar-refractivity contribution in [1.82, 2.24) is 4.90 Å². The van der Waals surface area contributed by atoms with Crippen LogP contribution in [0.15, 0.2) is 18.2 Å². The van der Waals surface area contributed by atoms with Crippen LogP contribution in [0.4, 0.5) is 0 Å². The number of halogens is 1. The fourth-order valence-electron chi connectivity index (χ4n) is 2.66. The first kappa shape index (κ1) is 15.1. The largest absolute Gasteiger partial charge is 0.483 e. The van der Waals surface area contributed by atoms with Gasteiger partial charge in [-0.25, -0.2) is 0 Å². The van der Waals surface area contributed by atoms with Crippen LogP contribution < -0.4 is 10.5 Å². The number of amides is 1. The molecule has 2 atom stereocenters. The molecular formula is C15H21ClN2O2. The highest BCUT2D eigenvalue weighted by Crippen LogP contribution is 2.24. The molecule has 0 aliphatic carbocycles. The molecule has 0 bridgehead atoms.